The molecule has 1 aliphatic carbocycles. The summed E-state index contributed by atoms with van der Waals surface area (Å²) >= 11 is 6.63. The lowest BCUT2D eigenvalue weighted by molar-refractivity contribution is -0.124. The molecule has 7 heteroatoms. The van der Waals surface area contributed by atoms with E-state index in [4.69, 9.17) is 5.73 Å². The molecular weight excluding hydrogens is 416 g/mol. The summed E-state index contributed by atoms with van der Waals surface area (Å²) in [5.74, 6) is -1.11. The fourth-order valence-electron chi connectivity index (χ4n) is 2.67. The monoisotopic (exact) mass is 430 g/mol. The number of nitrogens with two attached hydrogens (primary N) is 1. The number of Topliss-reactive ketones (excluding diaryl/α,β-unsaturated/α-hetero) is 1. The van der Waals surface area contributed by atoms with Crippen molar-refractivity contribution in [2.45, 2.75) is 31.7 Å². The van der Waals surface area contributed by atoms with Crippen molar-refractivity contribution < 1.29 is 14.4 Å². The molecule has 118 valence electrons. The second-order valence-electron chi connectivity index (χ2n) is 5.41. The standard InChI is InChI=1S/C15H16Br2N2O3/c16-10-4-9(5-11(17)7-10)15(22)19-13(14(18)21)8-2-1-3-12(20)6-8/h4-5,7-8,13H,1-3,6H2,(H2,18,21)(H,19,22)/t8-,13+/m0/s1. The molecule has 2 atom stereocenters. The van der Waals surface area contributed by atoms with Crippen LogP contribution in [0.2, 0.25) is 0 Å². The van der Waals surface area contributed by atoms with Gasteiger partial charge >= 0.3 is 0 Å². The lowest BCUT2D eigenvalue weighted by Crippen LogP contribution is -2.50. The average Bonchev–Trinajstić information content (AvgIpc) is 2.43. The molecule has 0 radical (unpaired) electrons. The zero-order valence-corrected chi connectivity index (χ0v) is 14.9. The zero-order chi connectivity index (χ0) is 16.3. The fraction of sp³-hybridized carbons (Fsp3) is 0.400. The Hall–Kier alpha value is -1.21. The number of halogens is 2. The SMILES string of the molecule is NC(=O)[C@H](NC(=O)c1cc(Br)cc(Br)c1)[C@H]1CCCC(=O)C1. The molecule has 0 saturated heterocycles. The van der Waals surface area contributed by atoms with Gasteiger partial charge in [-0.2, -0.15) is 0 Å². The third-order valence-electron chi connectivity index (χ3n) is 3.71. The molecule has 0 aliphatic heterocycles. The molecule has 1 fully saturated rings. The summed E-state index contributed by atoms with van der Waals surface area (Å²) in [4.78, 5) is 35.6. The summed E-state index contributed by atoms with van der Waals surface area (Å²) in [5, 5.41) is 2.67. The Morgan fingerprint density at radius 2 is 1.86 bits per heavy atom. The van der Waals surface area contributed by atoms with Crippen molar-refractivity contribution in [3.05, 3.63) is 32.7 Å². The minimum Gasteiger partial charge on any atom is -0.368 e. The molecule has 0 heterocycles. The van der Waals surface area contributed by atoms with Gasteiger partial charge in [0.2, 0.25) is 5.91 Å². The van der Waals surface area contributed by atoms with E-state index in [-0.39, 0.29) is 24.0 Å². The van der Waals surface area contributed by atoms with Gasteiger partial charge in [0.1, 0.15) is 11.8 Å². The van der Waals surface area contributed by atoms with Crippen LogP contribution in [-0.2, 0) is 9.59 Å². The van der Waals surface area contributed by atoms with Crippen molar-refractivity contribution in [3.8, 4) is 0 Å². The topological polar surface area (TPSA) is 89.3 Å². The van der Waals surface area contributed by atoms with Crippen LogP contribution in [-0.4, -0.2) is 23.6 Å². The number of hydrogen-bond acceptors (Lipinski definition) is 3. The van der Waals surface area contributed by atoms with E-state index in [1.807, 2.05) is 6.07 Å². The normalized spacial score (nSPS) is 19.5. The number of carbonyl (C=O) groups excluding carboxylic acids is 3. The summed E-state index contributed by atoms with van der Waals surface area (Å²) in [5.41, 5.74) is 5.83. The number of benzene rings is 1. The van der Waals surface area contributed by atoms with Crippen LogP contribution in [0.1, 0.15) is 36.0 Å². The number of rotatable bonds is 4. The van der Waals surface area contributed by atoms with E-state index in [1.54, 1.807) is 12.1 Å². The van der Waals surface area contributed by atoms with E-state index in [9.17, 15) is 14.4 Å². The minimum atomic E-state index is -0.825. The fourth-order valence-corrected chi connectivity index (χ4v) is 3.97. The average molecular weight is 432 g/mol. The van der Waals surface area contributed by atoms with Crippen molar-refractivity contribution in [2.24, 2.45) is 11.7 Å². The molecule has 5 nitrogen and oxygen atoms in total. The second-order valence-corrected chi connectivity index (χ2v) is 7.24. The highest BCUT2D eigenvalue weighted by molar-refractivity contribution is 9.11. The highest BCUT2D eigenvalue weighted by atomic mass is 79.9. The molecule has 0 spiro atoms. The van der Waals surface area contributed by atoms with Gasteiger partial charge in [0, 0.05) is 27.4 Å². The Kier molecular flexibility index (Phi) is 5.74. The maximum atomic E-state index is 12.3. The Bertz CT molecular complexity index is 599. The predicted octanol–water partition coefficient (Wildman–Crippen LogP) is 2.55. The summed E-state index contributed by atoms with van der Waals surface area (Å²) in [7, 11) is 0. The Morgan fingerprint density at radius 1 is 1.23 bits per heavy atom. The van der Waals surface area contributed by atoms with Crippen LogP contribution < -0.4 is 11.1 Å². The first-order valence-corrected chi connectivity index (χ1v) is 8.53. The maximum absolute atomic E-state index is 12.3. The molecule has 1 saturated carbocycles. The summed E-state index contributed by atoms with van der Waals surface area (Å²) < 4.78 is 1.49. The highest BCUT2D eigenvalue weighted by Crippen LogP contribution is 2.25. The van der Waals surface area contributed by atoms with Gasteiger partial charge in [0.25, 0.3) is 5.91 Å². The predicted molar refractivity (Wildman–Crippen MR) is 89.3 cm³/mol. The van der Waals surface area contributed by atoms with Crippen molar-refractivity contribution in [2.75, 3.05) is 0 Å². The molecule has 1 aromatic carbocycles. The van der Waals surface area contributed by atoms with Crippen LogP contribution in [0.3, 0.4) is 0 Å². The Labute approximate surface area is 145 Å². The molecule has 22 heavy (non-hydrogen) atoms. The van der Waals surface area contributed by atoms with Crippen molar-refractivity contribution >= 4 is 49.5 Å². The van der Waals surface area contributed by atoms with Gasteiger partial charge in [0.05, 0.1) is 0 Å². The van der Waals surface area contributed by atoms with Crippen molar-refractivity contribution in [1.82, 2.24) is 5.32 Å². The third kappa shape index (κ3) is 4.39. The van der Waals surface area contributed by atoms with Crippen molar-refractivity contribution in [3.63, 3.8) is 0 Å². The summed E-state index contributed by atoms with van der Waals surface area (Å²) in [6.45, 7) is 0. The van der Waals surface area contributed by atoms with E-state index in [1.165, 1.54) is 0 Å². The van der Waals surface area contributed by atoms with Crippen LogP contribution in [0.4, 0.5) is 0 Å². The van der Waals surface area contributed by atoms with Crippen molar-refractivity contribution in [1.29, 1.82) is 0 Å². The van der Waals surface area contributed by atoms with Gasteiger partial charge in [-0.15, -0.1) is 0 Å². The van der Waals surface area contributed by atoms with Gasteiger partial charge in [-0.25, -0.2) is 0 Å². The molecule has 0 unspecified atom stereocenters. The van der Waals surface area contributed by atoms with E-state index < -0.39 is 11.9 Å². The van der Waals surface area contributed by atoms with Gasteiger partial charge < -0.3 is 11.1 Å². The summed E-state index contributed by atoms with van der Waals surface area (Å²) in [6, 6.07) is 4.30. The first kappa shape index (κ1) is 17.1. The molecule has 1 aliphatic rings. The Morgan fingerprint density at radius 3 is 2.41 bits per heavy atom. The van der Waals surface area contributed by atoms with Gasteiger partial charge in [0.15, 0.2) is 0 Å². The quantitative estimate of drug-likeness (QED) is 0.767. The van der Waals surface area contributed by atoms with E-state index in [0.717, 1.165) is 15.4 Å². The van der Waals surface area contributed by atoms with Crippen LogP contribution in [0.25, 0.3) is 0 Å². The first-order valence-electron chi connectivity index (χ1n) is 6.95. The summed E-state index contributed by atoms with van der Waals surface area (Å²) in [6.07, 6.45) is 2.26. The molecular formula is C15H16Br2N2O3. The molecule has 2 amide bonds. The van der Waals surface area contributed by atoms with Gasteiger partial charge in [-0.3, -0.25) is 14.4 Å². The van der Waals surface area contributed by atoms with E-state index >= 15 is 0 Å². The van der Waals surface area contributed by atoms with Crippen LogP contribution in [0, 0.1) is 5.92 Å². The zero-order valence-electron chi connectivity index (χ0n) is 11.8. The number of nitrogens with one attached hydrogen (secondary N) is 1. The van der Waals surface area contributed by atoms with Crippen LogP contribution in [0.15, 0.2) is 27.1 Å². The number of ketones is 1. The molecule has 1 aromatic rings. The lowest BCUT2D eigenvalue weighted by Gasteiger charge is -2.28. The van der Waals surface area contributed by atoms with Gasteiger partial charge in [-0.1, -0.05) is 31.9 Å². The largest absolute Gasteiger partial charge is 0.368 e. The number of amides is 2. The molecule has 0 aromatic heterocycles. The maximum Gasteiger partial charge on any atom is 0.252 e. The molecule has 0 bridgehead atoms. The number of primary amides is 1. The molecule has 2 rings (SSSR count). The number of carbonyl (C=O) groups is 3. The lowest BCUT2D eigenvalue weighted by atomic mass is 9.82. The Balaban J connectivity index is 2.15. The van der Waals surface area contributed by atoms with E-state index in [2.05, 4.69) is 37.2 Å². The van der Waals surface area contributed by atoms with Crippen LogP contribution >= 0.6 is 31.9 Å². The second kappa shape index (κ2) is 7.37. The third-order valence-corrected chi connectivity index (χ3v) is 4.63. The van der Waals surface area contributed by atoms with Crippen LogP contribution in [0.5, 0.6) is 0 Å². The molecule has 3 N–H and O–H groups in total. The smallest absolute Gasteiger partial charge is 0.252 e. The highest BCUT2D eigenvalue weighted by Gasteiger charge is 2.32. The minimum absolute atomic E-state index is 0.113. The number of hydrogen-bond donors (Lipinski definition) is 2. The first-order chi connectivity index (χ1) is 10.4. The van der Waals surface area contributed by atoms with Gasteiger partial charge in [-0.05, 0) is 37.0 Å². The van der Waals surface area contributed by atoms with E-state index in [0.29, 0.717) is 18.4 Å².